The summed E-state index contributed by atoms with van der Waals surface area (Å²) in [5, 5.41) is 4.05. The fourth-order valence-electron chi connectivity index (χ4n) is 4.39. The van der Waals surface area contributed by atoms with Crippen molar-refractivity contribution in [1.82, 2.24) is 29.6 Å². The van der Waals surface area contributed by atoms with Crippen LogP contribution >= 0.6 is 0 Å². The molecule has 4 rings (SSSR count). The molecule has 3 aromatic heterocycles. The van der Waals surface area contributed by atoms with Crippen LogP contribution in [0.3, 0.4) is 0 Å². The second kappa shape index (κ2) is 8.45. The van der Waals surface area contributed by atoms with Crippen molar-refractivity contribution in [3.8, 4) is 11.3 Å². The van der Waals surface area contributed by atoms with Gasteiger partial charge in [-0.1, -0.05) is 5.16 Å². The third kappa shape index (κ3) is 4.40. The van der Waals surface area contributed by atoms with Crippen molar-refractivity contribution in [2.75, 3.05) is 13.1 Å². The molecule has 29 heavy (non-hydrogen) atoms. The fourth-order valence-corrected chi connectivity index (χ4v) is 4.39. The van der Waals surface area contributed by atoms with E-state index in [0.29, 0.717) is 12.0 Å². The van der Waals surface area contributed by atoms with Gasteiger partial charge in [-0.05, 0) is 65.5 Å². The van der Waals surface area contributed by atoms with Gasteiger partial charge in [0.1, 0.15) is 17.9 Å². The lowest BCUT2D eigenvalue weighted by Gasteiger charge is -2.32. The monoisotopic (exact) mass is 394 g/mol. The van der Waals surface area contributed by atoms with E-state index < -0.39 is 0 Å². The van der Waals surface area contributed by atoms with Gasteiger partial charge in [0.25, 0.3) is 0 Å². The van der Waals surface area contributed by atoms with Crippen molar-refractivity contribution in [3.63, 3.8) is 0 Å². The molecule has 0 saturated carbocycles. The summed E-state index contributed by atoms with van der Waals surface area (Å²) < 4.78 is 7.57. The highest BCUT2D eigenvalue weighted by Gasteiger charge is 2.23. The Kier molecular flexibility index (Phi) is 5.76. The van der Waals surface area contributed by atoms with Gasteiger partial charge in [-0.2, -0.15) is 0 Å². The topological polar surface area (TPSA) is 72.9 Å². The van der Waals surface area contributed by atoms with E-state index in [-0.39, 0.29) is 0 Å². The molecule has 0 N–H and O–H groups in total. The maximum atomic E-state index is 5.30. The molecule has 0 bridgehead atoms. The number of rotatable bonds is 6. The summed E-state index contributed by atoms with van der Waals surface area (Å²) in [4.78, 5) is 16.1. The first-order valence-corrected chi connectivity index (χ1v) is 10.5. The summed E-state index contributed by atoms with van der Waals surface area (Å²) in [6.45, 7) is 11.4. The summed E-state index contributed by atoms with van der Waals surface area (Å²) in [6.07, 6.45) is 9.08. The van der Waals surface area contributed by atoms with Crippen molar-refractivity contribution < 1.29 is 4.52 Å². The molecule has 1 atom stereocenters. The molecular weight excluding hydrogens is 364 g/mol. The van der Waals surface area contributed by atoms with Crippen LogP contribution in [-0.2, 0) is 13.0 Å². The van der Waals surface area contributed by atoms with Gasteiger partial charge >= 0.3 is 0 Å². The van der Waals surface area contributed by atoms with Crippen molar-refractivity contribution in [2.45, 2.75) is 59.5 Å². The van der Waals surface area contributed by atoms with Crippen LogP contribution in [0.5, 0.6) is 0 Å². The first kappa shape index (κ1) is 19.8. The SMILES string of the molecule is Cc1noc(C)c1-c1cc(C[C@H]2CCCN(Cc3nccn3C(C)C)C2)ncn1. The first-order valence-electron chi connectivity index (χ1n) is 10.5. The summed E-state index contributed by atoms with van der Waals surface area (Å²) in [5.74, 6) is 2.55. The van der Waals surface area contributed by atoms with E-state index in [1.807, 2.05) is 20.0 Å². The number of imidazole rings is 1. The molecule has 1 fully saturated rings. The van der Waals surface area contributed by atoms with Gasteiger partial charge in [0.05, 0.1) is 23.5 Å². The van der Waals surface area contributed by atoms with E-state index in [1.54, 1.807) is 6.33 Å². The molecule has 154 valence electrons. The standard InChI is InChI=1S/C22H30N6O/c1-15(2)28-9-7-23-21(28)13-27-8-5-6-18(12-27)10-19-11-20(25-14-24-19)22-16(3)26-29-17(22)4/h7,9,11,14-15,18H,5-6,8,10,12-13H2,1-4H3/t18-/m1/s1. The Hall–Kier alpha value is -2.54. The second-order valence-electron chi connectivity index (χ2n) is 8.39. The molecule has 7 nitrogen and oxygen atoms in total. The summed E-state index contributed by atoms with van der Waals surface area (Å²) >= 11 is 0. The third-order valence-electron chi connectivity index (χ3n) is 5.78. The van der Waals surface area contributed by atoms with E-state index in [1.165, 1.54) is 12.8 Å². The zero-order valence-corrected chi connectivity index (χ0v) is 17.8. The molecule has 1 aliphatic heterocycles. The van der Waals surface area contributed by atoms with E-state index in [4.69, 9.17) is 4.52 Å². The lowest BCUT2D eigenvalue weighted by molar-refractivity contribution is 0.160. The molecule has 0 aromatic carbocycles. The van der Waals surface area contributed by atoms with Gasteiger partial charge in [-0.15, -0.1) is 0 Å². The highest BCUT2D eigenvalue weighted by atomic mass is 16.5. The molecule has 0 aliphatic carbocycles. The van der Waals surface area contributed by atoms with Gasteiger partial charge in [0, 0.05) is 30.7 Å². The number of likely N-dealkylation sites (tertiary alicyclic amines) is 1. The Balaban J connectivity index is 1.43. The van der Waals surface area contributed by atoms with Gasteiger partial charge in [0.2, 0.25) is 0 Å². The molecule has 0 spiro atoms. The van der Waals surface area contributed by atoms with Crippen LogP contribution in [0.15, 0.2) is 29.3 Å². The van der Waals surface area contributed by atoms with E-state index in [2.05, 4.69) is 55.7 Å². The van der Waals surface area contributed by atoms with Gasteiger partial charge in [-0.25, -0.2) is 15.0 Å². The molecule has 0 unspecified atom stereocenters. The zero-order valence-electron chi connectivity index (χ0n) is 17.8. The molecule has 7 heteroatoms. The average Bonchev–Trinajstić information content (AvgIpc) is 3.28. The smallest absolute Gasteiger partial charge is 0.143 e. The molecule has 1 aliphatic rings. The van der Waals surface area contributed by atoms with Crippen molar-refractivity contribution in [2.24, 2.45) is 5.92 Å². The van der Waals surface area contributed by atoms with Crippen LogP contribution in [0.4, 0.5) is 0 Å². The number of hydrogen-bond donors (Lipinski definition) is 0. The third-order valence-corrected chi connectivity index (χ3v) is 5.78. The van der Waals surface area contributed by atoms with Gasteiger partial charge < -0.3 is 9.09 Å². The Morgan fingerprint density at radius 2 is 2.07 bits per heavy atom. The van der Waals surface area contributed by atoms with Crippen LogP contribution in [-0.4, -0.2) is 42.7 Å². The van der Waals surface area contributed by atoms with Crippen molar-refractivity contribution in [3.05, 3.63) is 47.8 Å². The van der Waals surface area contributed by atoms with Crippen LogP contribution in [0, 0.1) is 19.8 Å². The summed E-state index contributed by atoms with van der Waals surface area (Å²) in [5.41, 5.74) is 3.85. The van der Waals surface area contributed by atoms with Crippen molar-refractivity contribution >= 4 is 0 Å². The minimum atomic E-state index is 0.442. The van der Waals surface area contributed by atoms with Crippen LogP contribution < -0.4 is 0 Å². The molecule has 3 aromatic rings. The van der Waals surface area contributed by atoms with Crippen LogP contribution in [0.1, 0.15) is 55.7 Å². The summed E-state index contributed by atoms with van der Waals surface area (Å²) in [7, 11) is 0. The van der Waals surface area contributed by atoms with E-state index in [9.17, 15) is 0 Å². The minimum absolute atomic E-state index is 0.442. The number of aromatic nitrogens is 5. The zero-order chi connectivity index (χ0) is 20.4. The Morgan fingerprint density at radius 1 is 1.21 bits per heavy atom. The summed E-state index contributed by atoms with van der Waals surface area (Å²) in [6, 6.07) is 2.54. The number of piperidine rings is 1. The number of hydrogen-bond acceptors (Lipinski definition) is 6. The Bertz CT molecular complexity index is 940. The van der Waals surface area contributed by atoms with Gasteiger partial charge in [0.15, 0.2) is 0 Å². The minimum Gasteiger partial charge on any atom is -0.361 e. The molecule has 4 heterocycles. The number of nitrogens with zero attached hydrogens (tertiary/aromatic N) is 6. The maximum Gasteiger partial charge on any atom is 0.143 e. The fraction of sp³-hybridized carbons (Fsp3) is 0.545. The predicted octanol–water partition coefficient (Wildman–Crippen LogP) is 3.98. The van der Waals surface area contributed by atoms with E-state index in [0.717, 1.165) is 60.3 Å². The van der Waals surface area contributed by atoms with Crippen LogP contribution in [0.2, 0.25) is 0 Å². The highest BCUT2D eigenvalue weighted by molar-refractivity contribution is 5.63. The normalized spacial score (nSPS) is 17.9. The average molecular weight is 395 g/mol. The quantitative estimate of drug-likeness (QED) is 0.630. The Morgan fingerprint density at radius 3 is 2.83 bits per heavy atom. The van der Waals surface area contributed by atoms with Crippen molar-refractivity contribution in [1.29, 1.82) is 0 Å². The Labute approximate surface area is 172 Å². The molecule has 0 amide bonds. The number of aryl methyl sites for hydroxylation is 2. The highest BCUT2D eigenvalue weighted by Crippen LogP contribution is 2.27. The molecule has 0 radical (unpaired) electrons. The van der Waals surface area contributed by atoms with E-state index >= 15 is 0 Å². The largest absolute Gasteiger partial charge is 0.361 e. The lowest BCUT2D eigenvalue weighted by Crippen LogP contribution is -2.36. The molecular formula is C22H30N6O. The predicted molar refractivity (Wildman–Crippen MR) is 111 cm³/mol. The second-order valence-corrected chi connectivity index (χ2v) is 8.39. The first-order chi connectivity index (χ1) is 14.0. The molecule has 1 saturated heterocycles. The van der Waals surface area contributed by atoms with Crippen LogP contribution in [0.25, 0.3) is 11.3 Å². The lowest BCUT2D eigenvalue weighted by atomic mass is 9.93. The maximum absolute atomic E-state index is 5.30. The van der Waals surface area contributed by atoms with Gasteiger partial charge in [-0.3, -0.25) is 4.90 Å².